The van der Waals surface area contributed by atoms with Gasteiger partial charge in [0.15, 0.2) is 0 Å². The molecule has 0 unspecified atom stereocenters. The lowest BCUT2D eigenvalue weighted by Crippen LogP contribution is -2.30. The summed E-state index contributed by atoms with van der Waals surface area (Å²) in [6.07, 6.45) is 2.43. The minimum Gasteiger partial charge on any atom is -0.489 e. The third kappa shape index (κ3) is 5.15. The van der Waals surface area contributed by atoms with Gasteiger partial charge in [0, 0.05) is 35.6 Å². The van der Waals surface area contributed by atoms with E-state index >= 15 is 0 Å². The molecule has 4 aromatic rings. The highest BCUT2D eigenvalue weighted by Crippen LogP contribution is 2.42. The first-order valence-electron chi connectivity index (χ1n) is 10.7. The number of thiazole rings is 1. The highest BCUT2D eigenvalue weighted by atomic mass is 32.2. The average molecular weight is 518 g/mol. The summed E-state index contributed by atoms with van der Waals surface area (Å²) in [7, 11) is -2.25. The SMILES string of the molecule is CNC(=O)c1c(-c2ccc(F)cc2)oc2cc(N(Cc3nccs3)S(C)(=O)=O)c(OC(C)C)cc12. The minimum atomic E-state index is -3.74. The van der Waals surface area contributed by atoms with E-state index in [1.807, 2.05) is 13.8 Å². The van der Waals surface area contributed by atoms with Gasteiger partial charge in [-0.05, 0) is 44.2 Å². The number of benzene rings is 2. The Morgan fingerprint density at radius 1 is 1.26 bits per heavy atom. The summed E-state index contributed by atoms with van der Waals surface area (Å²) in [5.41, 5.74) is 1.27. The number of hydrogen-bond acceptors (Lipinski definition) is 7. The Balaban J connectivity index is 1.99. The number of nitrogens with one attached hydrogen (secondary N) is 1. The van der Waals surface area contributed by atoms with E-state index < -0.39 is 21.7 Å². The van der Waals surface area contributed by atoms with Crippen LogP contribution < -0.4 is 14.4 Å². The van der Waals surface area contributed by atoms with E-state index in [4.69, 9.17) is 9.15 Å². The van der Waals surface area contributed by atoms with Crippen LogP contribution in [0.3, 0.4) is 0 Å². The van der Waals surface area contributed by atoms with Gasteiger partial charge in [-0.15, -0.1) is 11.3 Å². The number of nitrogens with zero attached hydrogens (tertiary/aromatic N) is 2. The van der Waals surface area contributed by atoms with Gasteiger partial charge in [0.2, 0.25) is 10.0 Å². The highest BCUT2D eigenvalue weighted by Gasteiger charge is 2.28. The quantitative estimate of drug-likeness (QED) is 0.360. The number of carbonyl (C=O) groups is 1. The lowest BCUT2D eigenvalue weighted by molar-refractivity contribution is 0.0964. The van der Waals surface area contributed by atoms with Crippen LogP contribution in [0.2, 0.25) is 0 Å². The molecule has 2 aromatic carbocycles. The summed E-state index contributed by atoms with van der Waals surface area (Å²) in [4.78, 5) is 17.1. The third-order valence-corrected chi connectivity index (χ3v) is 7.01. The normalized spacial score (nSPS) is 11.7. The van der Waals surface area contributed by atoms with Crippen molar-refractivity contribution in [1.29, 1.82) is 0 Å². The molecule has 2 heterocycles. The topological polar surface area (TPSA) is 102 Å². The van der Waals surface area contributed by atoms with Crippen LogP contribution in [0.1, 0.15) is 29.2 Å². The molecular weight excluding hydrogens is 493 g/mol. The molecule has 4 rings (SSSR count). The Hall–Kier alpha value is -3.44. The Bertz CT molecular complexity index is 1460. The molecule has 8 nitrogen and oxygen atoms in total. The maximum atomic E-state index is 13.5. The molecular formula is C24H24FN3O5S2. The number of rotatable bonds is 8. The van der Waals surface area contributed by atoms with Crippen molar-refractivity contribution >= 4 is 43.9 Å². The molecule has 0 aliphatic heterocycles. The van der Waals surface area contributed by atoms with Crippen LogP contribution >= 0.6 is 11.3 Å². The number of halogens is 1. The van der Waals surface area contributed by atoms with Crippen molar-refractivity contribution < 1.29 is 26.8 Å². The average Bonchev–Trinajstić information content (AvgIpc) is 3.43. The van der Waals surface area contributed by atoms with E-state index in [9.17, 15) is 17.6 Å². The van der Waals surface area contributed by atoms with E-state index in [1.54, 1.807) is 23.7 Å². The van der Waals surface area contributed by atoms with Gasteiger partial charge >= 0.3 is 0 Å². The molecule has 0 fully saturated rings. The highest BCUT2D eigenvalue weighted by molar-refractivity contribution is 7.92. The zero-order valence-corrected chi connectivity index (χ0v) is 21.2. The predicted octanol–water partition coefficient (Wildman–Crippen LogP) is 4.81. The molecule has 0 atom stereocenters. The van der Waals surface area contributed by atoms with E-state index in [-0.39, 0.29) is 41.0 Å². The molecule has 0 bridgehead atoms. The van der Waals surface area contributed by atoms with Crippen molar-refractivity contribution in [3.8, 4) is 17.1 Å². The summed E-state index contributed by atoms with van der Waals surface area (Å²) in [6.45, 7) is 3.64. The number of fused-ring (bicyclic) bond motifs is 1. The zero-order chi connectivity index (χ0) is 25.3. The smallest absolute Gasteiger partial charge is 0.255 e. The van der Waals surface area contributed by atoms with Gasteiger partial charge in [0.1, 0.15) is 27.9 Å². The number of aromatic nitrogens is 1. The molecule has 0 aliphatic rings. The fraction of sp³-hybridized carbons (Fsp3) is 0.250. The number of anilines is 1. The largest absolute Gasteiger partial charge is 0.489 e. The second kappa shape index (κ2) is 9.67. The maximum absolute atomic E-state index is 13.5. The van der Waals surface area contributed by atoms with E-state index in [0.29, 0.717) is 16.0 Å². The van der Waals surface area contributed by atoms with E-state index in [2.05, 4.69) is 10.3 Å². The summed E-state index contributed by atoms with van der Waals surface area (Å²) in [5.74, 6) is -0.328. The van der Waals surface area contributed by atoms with Crippen LogP contribution in [0.15, 0.2) is 52.4 Å². The van der Waals surface area contributed by atoms with Crippen molar-refractivity contribution in [3.63, 3.8) is 0 Å². The van der Waals surface area contributed by atoms with Crippen LogP contribution in [0, 0.1) is 5.82 Å². The first-order chi connectivity index (χ1) is 16.6. The number of carbonyl (C=O) groups excluding carboxylic acids is 1. The van der Waals surface area contributed by atoms with Crippen LogP contribution in [0.4, 0.5) is 10.1 Å². The molecule has 0 saturated carbocycles. The van der Waals surface area contributed by atoms with E-state index in [1.165, 1.54) is 47.0 Å². The van der Waals surface area contributed by atoms with Crippen molar-refractivity contribution in [2.24, 2.45) is 0 Å². The second-order valence-corrected chi connectivity index (χ2v) is 11.0. The van der Waals surface area contributed by atoms with Crippen molar-refractivity contribution in [2.45, 2.75) is 26.5 Å². The monoisotopic (exact) mass is 517 g/mol. The molecule has 11 heteroatoms. The van der Waals surface area contributed by atoms with Gasteiger partial charge in [0.25, 0.3) is 5.91 Å². The zero-order valence-electron chi connectivity index (χ0n) is 19.5. The first-order valence-corrected chi connectivity index (χ1v) is 13.4. The fourth-order valence-electron chi connectivity index (χ4n) is 3.65. The number of furan rings is 1. The molecule has 184 valence electrons. The van der Waals surface area contributed by atoms with Crippen molar-refractivity contribution in [3.05, 3.63) is 64.4 Å². The Morgan fingerprint density at radius 2 is 1.97 bits per heavy atom. The lowest BCUT2D eigenvalue weighted by Gasteiger charge is -2.25. The fourth-order valence-corrected chi connectivity index (χ4v) is 5.19. The predicted molar refractivity (Wildman–Crippen MR) is 134 cm³/mol. The number of amides is 1. The van der Waals surface area contributed by atoms with Gasteiger partial charge in [-0.25, -0.2) is 17.8 Å². The standard InChI is InChI=1S/C24H24FN3O5S2/c1-14(2)32-20-11-17-19(12-18(20)28(35(4,30)31)13-21-27-9-10-34-21)33-23(22(17)24(29)26-3)15-5-7-16(25)8-6-15/h5-12,14H,13H2,1-4H3,(H,26,29). The molecule has 0 aliphatic carbocycles. The Labute approximate surface area is 206 Å². The summed E-state index contributed by atoms with van der Waals surface area (Å²) in [6, 6.07) is 8.71. The van der Waals surface area contributed by atoms with Crippen LogP contribution in [-0.4, -0.2) is 38.7 Å². The molecule has 0 spiro atoms. The number of sulfonamides is 1. The van der Waals surface area contributed by atoms with Gasteiger partial charge in [-0.1, -0.05) is 0 Å². The van der Waals surface area contributed by atoms with Crippen molar-refractivity contribution in [1.82, 2.24) is 10.3 Å². The summed E-state index contributed by atoms with van der Waals surface area (Å²) in [5, 5.41) is 5.41. The van der Waals surface area contributed by atoms with Crippen molar-refractivity contribution in [2.75, 3.05) is 17.6 Å². The number of ether oxygens (including phenoxy) is 1. The number of hydrogen-bond donors (Lipinski definition) is 1. The summed E-state index contributed by atoms with van der Waals surface area (Å²) < 4.78 is 52.5. The molecule has 1 amide bonds. The third-order valence-electron chi connectivity index (χ3n) is 5.12. The van der Waals surface area contributed by atoms with E-state index in [0.717, 1.165) is 6.26 Å². The molecule has 0 saturated heterocycles. The van der Waals surface area contributed by atoms with Gasteiger partial charge in [-0.3, -0.25) is 9.10 Å². The summed E-state index contributed by atoms with van der Waals surface area (Å²) >= 11 is 1.33. The Morgan fingerprint density at radius 3 is 2.54 bits per heavy atom. The first kappa shape index (κ1) is 24.7. The maximum Gasteiger partial charge on any atom is 0.255 e. The van der Waals surface area contributed by atoms with Crippen LogP contribution in [0.5, 0.6) is 5.75 Å². The minimum absolute atomic E-state index is 0.00426. The second-order valence-electron chi connectivity index (χ2n) is 8.07. The molecule has 1 N–H and O–H groups in total. The molecule has 35 heavy (non-hydrogen) atoms. The molecule has 0 radical (unpaired) electrons. The Kier molecular flexibility index (Phi) is 6.82. The molecule has 2 aromatic heterocycles. The van der Waals surface area contributed by atoms with Gasteiger partial charge in [-0.2, -0.15) is 0 Å². The lowest BCUT2D eigenvalue weighted by atomic mass is 10.0. The van der Waals surface area contributed by atoms with Crippen LogP contribution in [0.25, 0.3) is 22.3 Å². The van der Waals surface area contributed by atoms with Gasteiger partial charge < -0.3 is 14.5 Å². The van der Waals surface area contributed by atoms with Crippen LogP contribution in [-0.2, 0) is 16.6 Å². The van der Waals surface area contributed by atoms with Gasteiger partial charge in [0.05, 0.1) is 30.2 Å².